The molecule has 2 N–H and O–H groups in total. The number of carboxylic acids is 1. The molecule has 0 aromatic carbocycles. The van der Waals surface area contributed by atoms with E-state index < -0.39 is 5.97 Å². The molecule has 2 amide bonds. The van der Waals surface area contributed by atoms with Crippen LogP contribution in [0.2, 0.25) is 0 Å². The highest BCUT2D eigenvalue weighted by Crippen LogP contribution is 2.02. The van der Waals surface area contributed by atoms with E-state index in [1.807, 2.05) is 20.1 Å². The van der Waals surface area contributed by atoms with E-state index in [2.05, 4.69) is 5.32 Å². The van der Waals surface area contributed by atoms with Crippen molar-refractivity contribution >= 4 is 23.8 Å². The molecule has 100 valence electrons. The van der Waals surface area contributed by atoms with Crippen molar-refractivity contribution in [3.8, 4) is 0 Å². The number of carbonyl (C=O) groups excluding carboxylic acids is 1. The lowest BCUT2D eigenvalue weighted by atomic mass is 10.2. The van der Waals surface area contributed by atoms with Gasteiger partial charge in [-0.15, -0.1) is 0 Å². The van der Waals surface area contributed by atoms with Gasteiger partial charge in [0.2, 0.25) is 0 Å². The lowest BCUT2D eigenvalue weighted by molar-refractivity contribution is -0.137. The summed E-state index contributed by atoms with van der Waals surface area (Å²) in [7, 11) is 0. The van der Waals surface area contributed by atoms with Gasteiger partial charge in [-0.2, -0.15) is 11.8 Å². The first-order valence-electron chi connectivity index (χ1n) is 5.81. The van der Waals surface area contributed by atoms with Crippen LogP contribution < -0.4 is 5.32 Å². The summed E-state index contributed by atoms with van der Waals surface area (Å²) >= 11 is 1.67. The van der Waals surface area contributed by atoms with E-state index in [1.54, 1.807) is 11.8 Å². The van der Waals surface area contributed by atoms with Gasteiger partial charge in [0, 0.05) is 18.3 Å². The molecule has 17 heavy (non-hydrogen) atoms. The van der Waals surface area contributed by atoms with Crippen molar-refractivity contribution in [2.24, 2.45) is 0 Å². The Morgan fingerprint density at radius 3 is 2.47 bits per heavy atom. The van der Waals surface area contributed by atoms with Crippen molar-refractivity contribution in [1.82, 2.24) is 10.2 Å². The summed E-state index contributed by atoms with van der Waals surface area (Å²) in [5, 5.41) is 11.6. The molecule has 0 saturated carbocycles. The molecule has 0 saturated heterocycles. The van der Waals surface area contributed by atoms with Crippen LogP contribution in [0.4, 0.5) is 4.79 Å². The van der Waals surface area contributed by atoms with Gasteiger partial charge in [-0.3, -0.25) is 4.79 Å². The van der Waals surface area contributed by atoms with Crippen LogP contribution in [-0.2, 0) is 4.79 Å². The molecular formula is C11H22N2O3S. The van der Waals surface area contributed by atoms with Crippen molar-refractivity contribution < 1.29 is 14.7 Å². The van der Waals surface area contributed by atoms with E-state index in [0.29, 0.717) is 6.54 Å². The summed E-state index contributed by atoms with van der Waals surface area (Å²) in [6.07, 6.45) is 3.58. The van der Waals surface area contributed by atoms with Crippen LogP contribution in [0.3, 0.4) is 0 Å². The number of hydrogen-bond donors (Lipinski definition) is 2. The highest BCUT2D eigenvalue weighted by atomic mass is 32.2. The number of nitrogens with one attached hydrogen (secondary N) is 1. The first kappa shape index (κ1) is 16.1. The minimum Gasteiger partial charge on any atom is -0.480 e. The summed E-state index contributed by atoms with van der Waals surface area (Å²) in [4.78, 5) is 23.8. The number of carboxylic acid groups (broad SMARTS) is 1. The van der Waals surface area contributed by atoms with Gasteiger partial charge in [-0.25, -0.2) is 4.79 Å². The second kappa shape index (κ2) is 9.15. The first-order valence-corrected chi connectivity index (χ1v) is 7.20. The minimum atomic E-state index is -0.980. The minimum absolute atomic E-state index is 0.102. The highest BCUT2D eigenvalue weighted by molar-refractivity contribution is 7.98. The maximum Gasteiger partial charge on any atom is 0.323 e. The molecule has 0 spiro atoms. The van der Waals surface area contributed by atoms with Crippen molar-refractivity contribution in [3.63, 3.8) is 0 Å². The third kappa shape index (κ3) is 7.10. The Morgan fingerprint density at radius 1 is 1.41 bits per heavy atom. The number of thioether (sulfide) groups is 1. The molecule has 0 aromatic heterocycles. The molecule has 0 aliphatic heterocycles. The fourth-order valence-corrected chi connectivity index (χ4v) is 2.14. The number of carbonyl (C=O) groups is 2. The SMILES string of the molecule is CCCN(CC(=O)O)C(=O)NC(CC)CSC. The van der Waals surface area contributed by atoms with Gasteiger partial charge >= 0.3 is 12.0 Å². The summed E-state index contributed by atoms with van der Waals surface area (Å²) in [6, 6.07) is -0.180. The van der Waals surface area contributed by atoms with E-state index in [-0.39, 0.29) is 18.6 Å². The van der Waals surface area contributed by atoms with Gasteiger partial charge in [0.05, 0.1) is 0 Å². The third-order valence-electron chi connectivity index (χ3n) is 2.30. The summed E-state index contributed by atoms with van der Waals surface area (Å²) in [6.45, 7) is 4.15. The van der Waals surface area contributed by atoms with Crippen molar-refractivity contribution in [1.29, 1.82) is 0 Å². The normalized spacial score (nSPS) is 11.9. The monoisotopic (exact) mass is 262 g/mol. The second-order valence-corrected chi connectivity index (χ2v) is 4.74. The zero-order valence-corrected chi connectivity index (χ0v) is 11.5. The van der Waals surface area contributed by atoms with Crippen LogP contribution in [0.25, 0.3) is 0 Å². The Morgan fingerprint density at radius 2 is 2.06 bits per heavy atom. The Bertz CT molecular complexity index is 249. The number of rotatable bonds is 8. The fraction of sp³-hybridized carbons (Fsp3) is 0.818. The molecule has 0 aliphatic carbocycles. The van der Waals surface area contributed by atoms with E-state index >= 15 is 0 Å². The van der Waals surface area contributed by atoms with Gasteiger partial charge < -0.3 is 15.3 Å². The van der Waals surface area contributed by atoms with E-state index in [9.17, 15) is 9.59 Å². The van der Waals surface area contributed by atoms with Crippen molar-refractivity contribution in [2.45, 2.75) is 32.7 Å². The summed E-state index contributed by atoms with van der Waals surface area (Å²) in [5.74, 6) is -0.138. The van der Waals surface area contributed by atoms with Gasteiger partial charge in [-0.05, 0) is 19.1 Å². The standard InChI is InChI=1S/C11H22N2O3S/c1-4-6-13(7-10(14)15)11(16)12-9(5-2)8-17-3/h9H,4-8H2,1-3H3,(H,12,16)(H,14,15). The zero-order valence-electron chi connectivity index (χ0n) is 10.7. The molecule has 0 radical (unpaired) electrons. The quantitative estimate of drug-likeness (QED) is 0.697. The molecule has 1 atom stereocenters. The van der Waals surface area contributed by atoms with Crippen LogP contribution in [0.1, 0.15) is 26.7 Å². The Kier molecular flexibility index (Phi) is 8.66. The molecule has 5 nitrogen and oxygen atoms in total. The third-order valence-corrected chi connectivity index (χ3v) is 3.03. The molecule has 0 heterocycles. The Balaban J connectivity index is 4.33. The maximum atomic E-state index is 11.9. The number of urea groups is 1. The molecule has 1 unspecified atom stereocenters. The first-order chi connectivity index (χ1) is 8.04. The van der Waals surface area contributed by atoms with E-state index in [1.165, 1.54) is 4.90 Å². The van der Waals surface area contributed by atoms with Crippen LogP contribution in [0, 0.1) is 0 Å². The second-order valence-electron chi connectivity index (χ2n) is 3.83. The van der Waals surface area contributed by atoms with Crippen LogP contribution in [-0.4, -0.2) is 53.1 Å². The largest absolute Gasteiger partial charge is 0.480 e. The van der Waals surface area contributed by atoms with Gasteiger partial charge in [0.15, 0.2) is 0 Å². The number of hydrogen-bond acceptors (Lipinski definition) is 3. The van der Waals surface area contributed by atoms with Gasteiger partial charge in [0.25, 0.3) is 0 Å². The highest BCUT2D eigenvalue weighted by Gasteiger charge is 2.18. The fourth-order valence-electron chi connectivity index (χ4n) is 1.41. The van der Waals surface area contributed by atoms with Gasteiger partial charge in [0.1, 0.15) is 6.54 Å². The Hall–Kier alpha value is -0.910. The predicted molar refractivity (Wildman–Crippen MR) is 70.5 cm³/mol. The summed E-state index contributed by atoms with van der Waals surface area (Å²) in [5.41, 5.74) is 0. The molecule has 6 heteroatoms. The number of amides is 2. The van der Waals surface area contributed by atoms with E-state index in [4.69, 9.17) is 5.11 Å². The number of nitrogens with zero attached hydrogens (tertiary/aromatic N) is 1. The zero-order chi connectivity index (χ0) is 13.3. The van der Waals surface area contributed by atoms with Crippen LogP contribution >= 0.6 is 11.8 Å². The number of aliphatic carboxylic acids is 1. The molecular weight excluding hydrogens is 240 g/mol. The average molecular weight is 262 g/mol. The topological polar surface area (TPSA) is 69.6 Å². The lowest BCUT2D eigenvalue weighted by Gasteiger charge is -2.24. The molecule has 0 fully saturated rings. The molecule has 0 rings (SSSR count). The average Bonchev–Trinajstić information content (AvgIpc) is 2.27. The van der Waals surface area contributed by atoms with Crippen LogP contribution in [0.5, 0.6) is 0 Å². The van der Waals surface area contributed by atoms with Crippen molar-refractivity contribution in [2.75, 3.05) is 25.1 Å². The Labute approximate surface area is 107 Å². The summed E-state index contributed by atoms with van der Waals surface area (Å²) < 4.78 is 0. The van der Waals surface area contributed by atoms with Gasteiger partial charge in [-0.1, -0.05) is 13.8 Å². The molecule has 0 bridgehead atoms. The predicted octanol–water partition coefficient (Wildman–Crippen LogP) is 1.63. The molecule has 0 aliphatic rings. The smallest absolute Gasteiger partial charge is 0.323 e. The lowest BCUT2D eigenvalue weighted by Crippen LogP contribution is -2.47. The molecule has 0 aromatic rings. The van der Waals surface area contributed by atoms with Crippen LogP contribution in [0.15, 0.2) is 0 Å². The van der Waals surface area contributed by atoms with Crippen molar-refractivity contribution in [3.05, 3.63) is 0 Å². The van der Waals surface area contributed by atoms with E-state index in [0.717, 1.165) is 18.6 Å². The maximum absolute atomic E-state index is 11.9.